The van der Waals surface area contributed by atoms with E-state index in [2.05, 4.69) is 10.3 Å². The van der Waals surface area contributed by atoms with Crippen LogP contribution in [0.5, 0.6) is 11.5 Å². The van der Waals surface area contributed by atoms with Crippen molar-refractivity contribution in [1.29, 1.82) is 0 Å². The second-order valence-electron chi connectivity index (χ2n) is 7.35. The van der Waals surface area contributed by atoms with Crippen molar-refractivity contribution in [2.24, 2.45) is 0 Å². The van der Waals surface area contributed by atoms with Gasteiger partial charge in [0.05, 0.1) is 28.7 Å². The van der Waals surface area contributed by atoms with Crippen LogP contribution in [0.2, 0.25) is 0 Å². The molecule has 0 aliphatic heterocycles. The SMILES string of the molecule is COc1cc(C)cc(S(=O)(=O)c2ccc(CNC(=O)c3cc4ccncc4s3)cc2)c1OC. The molecule has 2 aromatic carbocycles. The van der Waals surface area contributed by atoms with Gasteiger partial charge in [-0.3, -0.25) is 9.78 Å². The minimum absolute atomic E-state index is 0.0437. The van der Waals surface area contributed by atoms with Crippen molar-refractivity contribution in [3.63, 3.8) is 0 Å². The fourth-order valence-corrected chi connectivity index (χ4v) is 5.90. The predicted octanol–water partition coefficient (Wildman–Crippen LogP) is 4.38. The van der Waals surface area contributed by atoms with Gasteiger partial charge in [-0.1, -0.05) is 12.1 Å². The maximum Gasteiger partial charge on any atom is 0.261 e. The number of carbonyl (C=O) groups is 1. The summed E-state index contributed by atoms with van der Waals surface area (Å²) in [5.74, 6) is 0.329. The second-order valence-corrected chi connectivity index (χ2v) is 10.4. The Labute approximate surface area is 195 Å². The largest absolute Gasteiger partial charge is 0.493 e. The lowest BCUT2D eigenvalue weighted by Gasteiger charge is -2.14. The Bertz CT molecular complexity index is 1390. The van der Waals surface area contributed by atoms with Gasteiger partial charge < -0.3 is 14.8 Å². The molecule has 1 amide bonds. The number of pyridine rings is 1. The predicted molar refractivity (Wildman–Crippen MR) is 127 cm³/mol. The zero-order chi connectivity index (χ0) is 23.6. The molecule has 33 heavy (non-hydrogen) atoms. The van der Waals surface area contributed by atoms with E-state index in [0.717, 1.165) is 21.2 Å². The Morgan fingerprint density at radius 3 is 2.48 bits per heavy atom. The molecule has 0 saturated carbocycles. The molecular formula is C24H22N2O5S2. The smallest absolute Gasteiger partial charge is 0.261 e. The molecule has 0 fully saturated rings. The minimum Gasteiger partial charge on any atom is -0.493 e. The summed E-state index contributed by atoms with van der Waals surface area (Å²) in [7, 11) is -0.967. The van der Waals surface area contributed by atoms with E-state index < -0.39 is 9.84 Å². The number of hydrogen-bond acceptors (Lipinski definition) is 7. The van der Waals surface area contributed by atoms with Crippen LogP contribution in [0.4, 0.5) is 0 Å². The topological polar surface area (TPSA) is 94.6 Å². The number of sulfone groups is 1. The highest BCUT2D eigenvalue weighted by Crippen LogP contribution is 2.38. The highest BCUT2D eigenvalue weighted by Gasteiger charge is 2.25. The molecule has 0 atom stereocenters. The van der Waals surface area contributed by atoms with Crippen LogP contribution < -0.4 is 14.8 Å². The summed E-state index contributed by atoms with van der Waals surface area (Å²) in [4.78, 5) is 17.4. The second kappa shape index (κ2) is 9.21. The first-order valence-electron chi connectivity index (χ1n) is 10.0. The fourth-order valence-electron chi connectivity index (χ4n) is 3.44. The van der Waals surface area contributed by atoms with E-state index >= 15 is 0 Å². The fraction of sp³-hybridized carbons (Fsp3) is 0.167. The Balaban J connectivity index is 1.52. The zero-order valence-electron chi connectivity index (χ0n) is 18.3. The first kappa shape index (κ1) is 22.8. The summed E-state index contributed by atoms with van der Waals surface area (Å²) in [5.41, 5.74) is 1.52. The molecule has 2 heterocycles. The number of methoxy groups -OCH3 is 2. The van der Waals surface area contributed by atoms with Gasteiger partial charge in [-0.05, 0) is 59.8 Å². The van der Waals surface area contributed by atoms with E-state index in [0.29, 0.717) is 10.6 Å². The van der Waals surface area contributed by atoms with E-state index in [-0.39, 0.29) is 28.0 Å². The highest BCUT2D eigenvalue weighted by molar-refractivity contribution is 7.91. The van der Waals surface area contributed by atoms with Crippen molar-refractivity contribution in [3.05, 3.63) is 76.9 Å². The van der Waals surface area contributed by atoms with E-state index in [9.17, 15) is 13.2 Å². The van der Waals surface area contributed by atoms with Crippen LogP contribution in [-0.4, -0.2) is 33.5 Å². The molecule has 2 aromatic heterocycles. The van der Waals surface area contributed by atoms with Gasteiger partial charge in [0.25, 0.3) is 5.91 Å². The van der Waals surface area contributed by atoms with Crippen LogP contribution in [0.1, 0.15) is 20.8 Å². The van der Waals surface area contributed by atoms with Crippen LogP contribution in [0.3, 0.4) is 0 Å². The number of amides is 1. The molecule has 0 spiro atoms. The van der Waals surface area contributed by atoms with Crippen molar-refractivity contribution in [1.82, 2.24) is 10.3 Å². The molecular weight excluding hydrogens is 460 g/mol. The van der Waals surface area contributed by atoms with Gasteiger partial charge in [0, 0.05) is 18.9 Å². The first-order chi connectivity index (χ1) is 15.8. The van der Waals surface area contributed by atoms with Crippen LogP contribution in [-0.2, 0) is 16.4 Å². The Kier molecular flexibility index (Phi) is 6.35. The standard InChI is InChI=1S/C24H22N2O5S2/c1-15-10-19(30-2)23(31-3)22(11-15)33(28,29)18-6-4-16(5-7-18)13-26-24(27)20-12-17-8-9-25-14-21(17)32-20/h4-12,14H,13H2,1-3H3,(H,26,27). The van der Waals surface area contributed by atoms with Gasteiger partial charge >= 0.3 is 0 Å². The molecule has 0 unspecified atom stereocenters. The van der Waals surface area contributed by atoms with Gasteiger partial charge in [0.1, 0.15) is 4.90 Å². The molecule has 4 rings (SSSR count). The lowest BCUT2D eigenvalue weighted by Crippen LogP contribution is -2.21. The number of aryl methyl sites for hydroxylation is 1. The molecule has 4 aromatic rings. The molecule has 9 heteroatoms. The van der Waals surface area contributed by atoms with Crippen LogP contribution in [0.15, 0.2) is 70.7 Å². The van der Waals surface area contributed by atoms with E-state index in [1.807, 2.05) is 12.1 Å². The number of benzene rings is 2. The molecule has 0 bridgehead atoms. The number of carbonyl (C=O) groups excluding carboxylic acids is 1. The van der Waals surface area contributed by atoms with Crippen molar-refractivity contribution in [3.8, 4) is 11.5 Å². The van der Waals surface area contributed by atoms with Gasteiger partial charge in [-0.25, -0.2) is 8.42 Å². The number of hydrogen-bond donors (Lipinski definition) is 1. The first-order valence-corrected chi connectivity index (χ1v) is 12.3. The maximum absolute atomic E-state index is 13.3. The average Bonchev–Trinajstić information content (AvgIpc) is 3.26. The summed E-state index contributed by atoms with van der Waals surface area (Å²) in [6.07, 6.45) is 3.42. The monoisotopic (exact) mass is 482 g/mol. The Morgan fingerprint density at radius 2 is 1.82 bits per heavy atom. The number of rotatable bonds is 7. The summed E-state index contributed by atoms with van der Waals surface area (Å²) < 4.78 is 38.1. The molecule has 1 N–H and O–H groups in total. The lowest BCUT2D eigenvalue weighted by molar-refractivity contribution is 0.0955. The third-order valence-electron chi connectivity index (χ3n) is 5.11. The third-order valence-corrected chi connectivity index (χ3v) is 7.97. The number of ether oxygens (including phenoxy) is 2. The van der Waals surface area contributed by atoms with Crippen molar-refractivity contribution >= 4 is 37.2 Å². The molecule has 0 aliphatic carbocycles. The van der Waals surface area contributed by atoms with Crippen LogP contribution in [0, 0.1) is 6.92 Å². The molecule has 170 valence electrons. The van der Waals surface area contributed by atoms with Crippen LogP contribution in [0.25, 0.3) is 10.1 Å². The number of nitrogens with zero attached hydrogens (tertiary/aromatic N) is 1. The van der Waals surface area contributed by atoms with Gasteiger partial charge in [-0.2, -0.15) is 0 Å². The normalized spacial score (nSPS) is 11.4. The van der Waals surface area contributed by atoms with Crippen molar-refractivity contribution in [2.45, 2.75) is 23.3 Å². The highest BCUT2D eigenvalue weighted by atomic mass is 32.2. The van der Waals surface area contributed by atoms with E-state index in [1.54, 1.807) is 43.6 Å². The number of fused-ring (bicyclic) bond motifs is 1. The van der Waals surface area contributed by atoms with E-state index in [4.69, 9.17) is 9.47 Å². The van der Waals surface area contributed by atoms with Crippen LogP contribution >= 0.6 is 11.3 Å². The molecule has 0 saturated heterocycles. The Morgan fingerprint density at radius 1 is 1.06 bits per heavy atom. The van der Waals surface area contributed by atoms with Crippen molar-refractivity contribution in [2.75, 3.05) is 14.2 Å². The maximum atomic E-state index is 13.3. The van der Waals surface area contributed by atoms with Gasteiger partial charge in [0.2, 0.25) is 9.84 Å². The zero-order valence-corrected chi connectivity index (χ0v) is 19.9. The molecule has 0 aliphatic rings. The number of nitrogens with one attached hydrogen (secondary N) is 1. The number of aromatic nitrogens is 1. The van der Waals surface area contributed by atoms with Gasteiger partial charge in [0.15, 0.2) is 11.5 Å². The third kappa shape index (κ3) is 4.55. The number of thiophene rings is 1. The summed E-state index contributed by atoms with van der Waals surface area (Å²) in [5, 5.41) is 3.84. The molecule has 7 nitrogen and oxygen atoms in total. The lowest BCUT2D eigenvalue weighted by atomic mass is 10.2. The quantitative estimate of drug-likeness (QED) is 0.420. The van der Waals surface area contributed by atoms with E-state index in [1.165, 1.54) is 37.7 Å². The Hall–Kier alpha value is -3.43. The van der Waals surface area contributed by atoms with Gasteiger partial charge in [-0.15, -0.1) is 11.3 Å². The minimum atomic E-state index is -3.84. The summed E-state index contributed by atoms with van der Waals surface area (Å²) >= 11 is 1.38. The molecule has 0 radical (unpaired) electrons. The average molecular weight is 483 g/mol. The summed E-state index contributed by atoms with van der Waals surface area (Å²) in [6, 6.07) is 13.4. The van der Waals surface area contributed by atoms with Crippen molar-refractivity contribution < 1.29 is 22.7 Å². The summed E-state index contributed by atoms with van der Waals surface area (Å²) in [6.45, 7) is 2.06.